The van der Waals surface area contributed by atoms with Crippen molar-refractivity contribution in [1.29, 1.82) is 0 Å². The molecule has 0 amide bonds. The molecule has 4 heterocycles. The number of hydrogen-bond donors (Lipinski definition) is 0. The summed E-state index contributed by atoms with van der Waals surface area (Å²) in [5.74, 6) is 0. The Kier molecular flexibility index (Phi) is 6.06. The van der Waals surface area contributed by atoms with E-state index in [0.29, 0.717) is 0 Å². The first kappa shape index (κ1) is 26.6. The molecule has 46 heavy (non-hydrogen) atoms. The molecule has 0 aliphatic rings. The summed E-state index contributed by atoms with van der Waals surface area (Å²) >= 11 is 7.22. The Balaban J connectivity index is 1.46. The van der Waals surface area contributed by atoms with Crippen molar-refractivity contribution in [2.24, 2.45) is 0 Å². The lowest BCUT2D eigenvalue weighted by Gasteiger charge is -2.19. The number of fused-ring (bicyclic) bond motifs is 11. The quantitative estimate of drug-likeness (QED) is 0.165. The second kappa shape index (κ2) is 10.5. The van der Waals surface area contributed by atoms with Crippen molar-refractivity contribution >= 4 is 99.2 Å². The van der Waals surface area contributed by atoms with Crippen LogP contribution in [0.2, 0.25) is 0 Å². The lowest BCUT2D eigenvalue weighted by atomic mass is 9.85. The van der Waals surface area contributed by atoms with Crippen molar-refractivity contribution in [2.45, 2.75) is 0 Å². The summed E-state index contributed by atoms with van der Waals surface area (Å²) in [7, 11) is 0. The highest BCUT2D eigenvalue weighted by molar-refractivity contribution is 7.14. The molecule has 10 aromatic rings. The lowest BCUT2D eigenvalue weighted by molar-refractivity contribution is 1.75. The zero-order valence-electron chi connectivity index (χ0n) is 24.5. The maximum atomic E-state index is 2.45. The summed E-state index contributed by atoms with van der Waals surface area (Å²) in [5.41, 5.74) is 5.09. The van der Waals surface area contributed by atoms with Crippen LogP contribution in [0.4, 0.5) is 0 Å². The minimum Gasteiger partial charge on any atom is -0.144 e. The molecule has 0 aliphatic carbocycles. The Morgan fingerprint density at radius 2 is 0.522 bits per heavy atom. The zero-order chi connectivity index (χ0) is 30.2. The maximum Gasteiger partial charge on any atom is 0.0342 e. The number of benzene rings is 6. The Labute approximate surface area is 282 Å². The Morgan fingerprint density at radius 3 is 0.739 bits per heavy atom. The molecular weight excluding hydrogens is 633 g/mol. The van der Waals surface area contributed by atoms with Crippen LogP contribution in [0.25, 0.3) is 95.6 Å². The fourth-order valence-electron chi connectivity index (χ4n) is 7.16. The fraction of sp³-hybridized carbons (Fsp3) is 0. The third kappa shape index (κ3) is 4.08. The van der Waals surface area contributed by atoms with E-state index >= 15 is 0 Å². The summed E-state index contributed by atoms with van der Waals surface area (Å²) < 4.78 is 0. The van der Waals surface area contributed by atoms with E-state index in [1.807, 2.05) is 0 Å². The van der Waals surface area contributed by atoms with Crippen molar-refractivity contribution < 1.29 is 0 Å². The first-order valence-electron chi connectivity index (χ1n) is 15.3. The minimum absolute atomic E-state index is 1.27. The topological polar surface area (TPSA) is 0 Å². The molecule has 0 spiro atoms. The van der Waals surface area contributed by atoms with E-state index in [0.717, 1.165) is 0 Å². The van der Waals surface area contributed by atoms with Gasteiger partial charge in [0.2, 0.25) is 0 Å². The number of rotatable bonds is 4. The lowest BCUT2D eigenvalue weighted by Crippen LogP contribution is -1.90. The van der Waals surface area contributed by atoms with Crippen molar-refractivity contribution in [3.05, 3.63) is 143 Å². The molecule has 0 atom stereocenters. The van der Waals surface area contributed by atoms with Gasteiger partial charge in [-0.15, -0.1) is 45.3 Å². The van der Waals surface area contributed by atoms with E-state index in [1.165, 1.54) is 95.6 Å². The molecular formula is C42H24S4. The molecule has 10 rings (SSSR count). The van der Waals surface area contributed by atoms with Crippen molar-refractivity contribution in [2.75, 3.05) is 0 Å². The van der Waals surface area contributed by atoms with Gasteiger partial charge in [-0.1, -0.05) is 72.8 Å². The van der Waals surface area contributed by atoms with Crippen molar-refractivity contribution in [3.8, 4) is 41.8 Å². The molecule has 4 aromatic heterocycles. The Bertz CT molecular complexity index is 2330. The predicted octanol–water partition coefficient (Wildman–Crippen LogP) is 14.4. The molecule has 0 saturated carbocycles. The second-order valence-corrected chi connectivity index (χ2v) is 15.5. The van der Waals surface area contributed by atoms with Gasteiger partial charge >= 0.3 is 0 Å². The summed E-state index contributed by atoms with van der Waals surface area (Å²) in [6.07, 6.45) is 0. The van der Waals surface area contributed by atoms with Crippen molar-refractivity contribution in [3.63, 3.8) is 0 Å². The molecule has 0 saturated heterocycles. The highest BCUT2D eigenvalue weighted by Gasteiger charge is 2.19. The number of thiophene rings is 4. The molecule has 6 aromatic carbocycles. The minimum atomic E-state index is 1.27. The number of hydrogen-bond acceptors (Lipinski definition) is 4. The predicted molar refractivity (Wildman–Crippen MR) is 207 cm³/mol. The third-order valence-electron chi connectivity index (χ3n) is 9.21. The molecule has 4 heteroatoms. The average Bonchev–Trinajstić information content (AvgIpc) is 3.95. The van der Waals surface area contributed by atoms with E-state index in [2.05, 4.69) is 143 Å². The van der Waals surface area contributed by atoms with E-state index in [-0.39, 0.29) is 0 Å². The van der Waals surface area contributed by atoms with Gasteiger partial charge in [-0.05, 0) is 146 Å². The van der Waals surface area contributed by atoms with Gasteiger partial charge < -0.3 is 0 Å². The summed E-state index contributed by atoms with van der Waals surface area (Å²) in [5, 5.41) is 21.8. The monoisotopic (exact) mass is 656 g/mol. The standard InChI is InChI=1S/C42H24S4/c1-5-37(43-17-1)25-9-13-29-30-14-10-27(39-7-3-19-45-39)23-35(30)42-36-24-28(40-8-4-20-46-40)12-16-32(36)31-15-11-26(38-6-2-18-44-38)22-34(31)41(42)33(29)21-25/h1-24H. The van der Waals surface area contributed by atoms with Gasteiger partial charge in [0, 0.05) is 19.5 Å². The largest absolute Gasteiger partial charge is 0.144 e. The van der Waals surface area contributed by atoms with Crippen molar-refractivity contribution in [1.82, 2.24) is 0 Å². The van der Waals surface area contributed by atoms with Crippen LogP contribution >= 0.6 is 45.3 Å². The molecule has 216 valence electrons. The summed E-state index contributed by atoms with van der Waals surface area (Å²) in [6, 6.07) is 46.0. The van der Waals surface area contributed by atoms with Crippen LogP contribution in [-0.4, -0.2) is 0 Å². The Hall–Kier alpha value is -4.58. The molecule has 0 bridgehead atoms. The van der Waals surface area contributed by atoms with Crippen LogP contribution in [0.15, 0.2) is 143 Å². The van der Waals surface area contributed by atoms with Crippen LogP contribution < -0.4 is 0 Å². The molecule has 0 radical (unpaired) electrons. The van der Waals surface area contributed by atoms with E-state index in [1.54, 1.807) is 45.3 Å². The van der Waals surface area contributed by atoms with Crippen LogP contribution in [0.1, 0.15) is 0 Å². The van der Waals surface area contributed by atoms with Gasteiger partial charge in [0.15, 0.2) is 0 Å². The molecule has 0 N–H and O–H groups in total. The molecule has 0 aliphatic heterocycles. The van der Waals surface area contributed by atoms with Gasteiger partial charge in [0.25, 0.3) is 0 Å². The molecule has 0 fully saturated rings. The van der Waals surface area contributed by atoms with E-state index in [9.17, 15) is 0 Å². The van der Waals surface area contributed by atoms with E-state index < -0.39 is 0 Å². The summed E-state index contributed by atoms with van der Waals surface area (Å²) in [4.78, 5) is 5.19. The normalized spacial score (nSPS) is 11.9. The maximum absolute atomic E-state index is 2.45. The first-order valence-corrected chi connectivity index (χ1v) is 18.8. The fourth-order valence-corrected chi connectivity index (χ4v) is 10.1. The van der Waals surface area contributed by atoms with Gasteiger partial charge in [-0.3, -0.25) is 0 Å². The van der Waals surface area contributed by atoms with Gasteiger partial charge in [-0.2, -0.15) is 0 Å². The second-order valence-electron chi connectivity index (χ2n) is 11.7. The van der Waals surface area contributed by atoms with E-state index in [4.69, 9.17) is 0 Å². The van der Waals surface area contributed by atoms with Crippen LogP contribution in [-0.2, 0) is 0 Å². The molecule has 0 nitrogen and oxygen atoms in total. The highest BCUT2D eigenvalue weighted by atomic mass is 32.1. The average molecular weight is 657 g/mol. The Morgan fingerprint density at radius 1 is 0.261 bits per heavy atom. The van der Waals surface area contributed by atoms with Gasteiger partial charge in [0.1, 0.15) is 0 Å². The van der Waals surface area contributed by atoms with Crippen LogP contribution in [0, 0.1) is 0 Å². The van der Waals surface area contributed by atoms with Gasteiger partial charge in [0.05, 0.1) is 0 Å². The smallest absolute Gasteiger partial charge is 0.0342 e. The third-order valence-corrected chi connectivity index (χ3v) is 12.9. The highest BCUT2D eigenvalue weighted by Crippen LogP contribution is 2.47. The SMILES string of the molecule is c1csc(-c2ccc3c4ccc(-c5cccs5)cc4c4c5cc(-c6cccs6)ccc5c5ccc(-c6cccs6)cc5c4c3c2)c1. The summed E-state index contributed by atoms with van der Waals surface area (Å²) in [6.45, 7) is 0. The van der Waals surface area contributed by atoms with Crippen LogP contribution in [0.3, 0.4) is 0 Å². The first-order chi connectivity index (χ1) is 22.8. The molecule has 0 unspecified atom stereocenters. The zero-order valence-corrected chi connectivity index (χ0v) is 27.8. The van der Waals surface area contributed by atoms with Crippen LogP contribution in [0.5, 0.6) is 0 Å². The van der Waals surface area contributed by atoms with Gasteiger partial charge in [-0.25, -0.2) is 0 Å².